The summed E-state index contributed by atoms with van der Waals surface area (Å²) in [5.74, 6) is 1.67. The number of fused-ring (bicyclic) bond motifs is 7. The van der Waals surface area contributed by atoms with E-state index in [0.29, 0.717) is 29.1 Å². The van der Waals surface area contributed by atoms with Crippen molar-refractivity contribution in [2.45, 2.75) is 77.8 Å². The highest BCUT2D eigenvalue weighted by molar-refractivity contribution is 5.67. The van der Waals surface area contributed by atoms with Gasteiger partial charge in [0.25, 0.3) is 0 Å². The van der Waals surface area contributed by atoms with Gasteiger partial charge in [-0.2, -0.15) is 0 Å². The molecule has 5 fully saturated rings. The number of carbonyl (C=O) groups is 1. The number of carboxylic acids is 1. The van der Waals surface area contributed by atoms with E-state index in [0.717, 1.165) is 19.6 Å². The Morgan fingerprint density at radius 2 is 1.94 bits per heavy atom. The smallest absolute Gasteiger partial charge is 0.303 e. The highest BCUT2D eigenvalue weighted by atomic mass is 16.7. The number of aliphatic carboxylic acids is 1. The number of hydrogen-bond acceptors (Lipinski definition) is 4. The van der Waals surface area contributed by atoms with Gasteiger partial charge in [-0.25, -0.2) is 0 Å². The molecule has 1 N–H and O–H groups in total. The van der Waals surface area contributed by atoms with E-state index < -0.39 is 5.97 Å². The summed E-state index contributed by atoms with van der Waals surface area (Å²) >= 11 is 0. The first kappa shape index (κ1) is 20.4. The lowest BCUT2D eigenvalue weighted by Crippen LogP contribution is -2.49. The van der Waals surface area contributed by atoms with Crippen LogP contribution >= 0.6 is 0 Å². The zero-order valence-electron chi connectivity index (χ0n) is 19.0. The molecule has 3 saturated carbocycles. The van der Waals surface area contributed by atoms with Gasteiger partial charge in [0.1, 0.15) is 0 Å². The Kier molecular flexibility index (Phi) is 4.56. The van der Waals surface area contributed by atoms with Crippen molar-refractivity contribution in [3.05, 3.63) is 23.3 Å². The fourth-order valence-electron chi connectivity index (χ4n) is 8.69. The largest absolute Gasteiger partial charge is 0.481 e. The predicted molar refractivity (Wildman–Crippen MR) is 115 cm³/mol. The average molecular weight is 429 g/mol. The van der Waals surface area contributed by atoms with E-state index in [1.807, 2.05) is 0 Å². The molecule has 0 aromatic carbocycles. The Morgan fingerprint density at radius 3 is 2.68 bits per heavy atom. The van der Waals surface area contributed by atoms with Gasteiger partial charge in [0.05, 0.1) is 31.8 Å². The van der Waals surface area contributed by atoms with Crippen molar-refractivity contribution in [1.29, 1.82) is 0 Å². The Labute approximate surface area is 185 Å². The third-order valence-electron chi connectivity index (χ3n) is 10.3. The summed E-state index contributed by atoms with van der Waals surface area (Å²) in [5, 5.41) is 9.32. The molecule has 5 heteroatoms. The molecular formula is C26H36O5. The van der Waals surface area contributed by atoms with Gasteiger partial charge in [0.2, 0.25) is 0 Å². The first-order chi connectivity index (χ1) is 14.8. The molecule has 0 aromatic heterocycles. The highest BCUT2D eigenvalue weighted by Gasteiger charge is 2.66. The molecule has 0 amide bonds. The number of hydrogen-bond donors (Lipinski definition) is 1. The van der Waals surface area contributed by atoms with Crippen molar-refractivity contribution in [3.8, 4) is 0 Å². The second-order valence-corrected chi connectivity index (χ2v) is 11.5. The van der Waals surface area contributed by atoms with Gasteiger partial charge in [-0.1, -0.05) is 44.1 Å². The van der Waals surface area contributed by atoms with Crippen LogP contribution < -0.4 is 0 Å². The fourth-order valence-corrected chi connectivity index (χ4v) is 8.69. The highest BCUT2D eigenvalue weighted by Crippen LogP contribution is 2.69. The van der Waals surface area contributed by atoms with E-state index in [2.05, 4.69) is 32.9 Å². The lowest BCUT2D eigenvalue weighted by atomic mass is 9.49. The second kappa shape index (κ2) is 6.91. The summed E-state index contributed by atoms with van der Waals surface area (Å²) in [4.78, 5) is 11.3. The predicted octanol–water partition coefficient (Wildman–Crippen LogP) is 4.57. The Bertz CT molecular complexity index is 841. The molecule has 2 saturated heterocycles. The lowest BCUT2D eigenvalue weighted by Gasteiger charge is -2.54. The summed E-state index contributed by atoms with van der Waals surface area (Å²) in [5.41, 5.74) is 3.44. The van der Waals surface area contributed by atoms with Crippen LogP contribution in [0.4, 0.5) is 0 Å². The SMILES string of the molecule is CC(C1OCCO1)[C@H]1CCC2C3=CC=C4C[C@@H](CC(=O)O)[C@@H]5O[C@@H]5[C@]4(C)C3CC[C@@]21C. The molecule has 2 aliphatic heterocycles. The van der Waals surface area contributed by atoms with Gasteiger partial charge in [0.15, 0.2) is 6.29 Å². The molecular weight excluding hydrogens is 392 g/mol. The van der Waals surface area contributed by atoms with E-state index in [1.54, 1.807) is 5.57 Å². The van der Waals surface area contributed by atoms with E-state index in [1.165, 1.54) is 31.3 Å². The van der Waals surface area contributed by atoms with Crippen LogP contribution in [0.3, 0.4) is 0 Å². The Hall–Kier alpha value is -1.17. The van der Waals surface area contributed by atoms with Crippen LogP contribution in [0.2, 0.25) is 0 Å². The monoisotopic (exact) mass is 428 g/mol. The Balaban J connectivity index is 1.29. The summed E-state index contributed by atoms with van der Waals surface area (Å²) in [7, 11) is 0. The third-order valence-corrected chi connectivity index (χ3v) is 10.3. The van der Waals surface area contributed by atoms with Gasteiger partial charge < -0.3 is 19.3 Å². The molecule has 9 atom stereocenters. The van der Waals surface area contributed by atoms with E-state index in [-0.39, 0.29) is 36.3 Å². The first-order valence-electron chi connectivity index (χ1n) is 12.4. The van der Waals surface area contributed by atoms with Gasteiger partial charge in [-0.3, -0.25) is 4.79 Å². The molecule has 0 spiro atoms. The van der Waals surface area contributed by atoms with Crippen LogP contribution in [0.25, 0.3) is 0 Å². The molecule has 31 heavy (non-hydrogen) atoms. The average Bonchev–Trinajstić information content (AvgIpc) is 3.21. The maximum atomic E-state index is 11.3. The van der Waals surface area contributed by atoms with Crippen molar-refractivity contribution in [1.82, 2.24) is 0 Å². The molecule has 0 bridgehead atoms. The molecule has 0 radical (unpaired) electrons. The Morgan fingerprint density at radius 1 is 1.16 bits per heavy atom. The molecule has 170 valence electrons. The van der Waals surface area contributed by atoms with Gasteiger partial charge in [0, 0.05) is 17.3 Å². The maximum Gasteiger partial charge on any atom is 0.303 e. The van der Waals surface area contributed by atoms with Gasteiger partial charge in [-0.05, 0) is 55.3 Å². The quantitative estimate of drug-likeness (QED) is 0.664. The van der Waals surface area contributed by atoms with Crippen LogP contribution in [0, 0.1) is 40.4 Å². The molecule has 5 nitrogen and oxygen atoms in total. The first-order valence-corrected chi connectivity index (χ1v) is 12.4. The zero-order valence-corrected chi connectivity index (χ0v) is 19.0. The van der Waals surface area contributed by atoms with Crippen molar-refractivity contribution >= 4 is 5.97 Å². The fraction of sp³-hybridized carbons (Fsp3) is 0.808. The third kappa shape index (κ3) is 2.82. The number of rotatable bonds is 4. The minimum Gasteiger partial charge on any atom is -0.481 e. The second-order valence-electron chi connectivity index (χ2n) is 11.5. The number of allylic oxidation sites excluding steroid dienone is 3. The maximum absolute atomic E-state index is 11.3. The van der Waals surface area contributed by atoms with Crippen molar-refractivity contribution < 1.29 is 24.1 Å². The van der Waals surface area contributed by atoms with Crippen molar-refractivity contribution in [2.75, 3.05) is 13.2 Å². The minimum atomic E-state index is -0.703. The molecule has 6 rings (SSSR count). The van der Waals surface area contributed by atoms with Crippen LogP contribution in [-0.4, -0.2) is 42.8 Å². The van der Waals surface area contributed by atoms with Crippen molar-refractivity contribution in [2.24, 2.45) is 40.4 Å². The van der Waals surface area contributed by atoms with Crippen LogP contribution in [0.5, 0.6) is 0 Å². The normalized spacial score (nSPS) is 49.3. The number of ether oxygens (including phenoxy) is 3. The van der Waals surface area contributed by atoms with Crippen LogP contribution in [0.1, 0.15) is 59.3 Å². The summed E-state index contributed by atoms with van der Waals surface area (Å²) in [6, 6.07) is 0. The van der Waals surface area contributed by atoms with Crippen LogP contribution in [0.15, 0.2) is 23.3 Å². The topological polar surface area (TPSA) is 68.3 Å². The van der Waals surface area contributed by atoms with Gasteiger partial charge in [-0.15, -0.1) is 0 Å². The van der Waals surface area contributed by atoms with E-state index >= 15 is 0 Å². The summed E-state index contributed by atoms with van der Waals surface area (Å²) in [6.45, 7) is 8.73. The number of epoxide rings is 1. The summed E-state index contributed by atoms with van der Waals surface area (Å²) in [6.07, 6.45) is 11.2. The van der Waals surface area contributed by atoms with Gasteiger partial charge >= 0.3 is 5.97 Å². The van der Waals surface area contributed by atoms with E-state index in [4.69, 9.17) is 14.2 Å². The van der Waals surface area contributed by atoms with E-state index in [9.17, 15) is 9.90 Å². The summed E-state index contributed by atoms with van der Waals surface area (Å²) < 4.78 is 18.0. The molecule has 4 aliphatic carbocycles. The standard InChI is InChI=1S/C26H36O5/c1-14(24-29-10-11-30-24)18-6-7-19-17-5-4-16-12-15(13-21(27)28)22-23(31-22)26(16,3)20(17)8-9-25(18,19)2/h4-5,14-15,18-20,22-24H,6-13H2,1-3H3,(H,27,28)/t14?,15-,18+,19?,20?,22-,23-,25+,26-/m0/s1. The lowest BCUT2D eigenvalue weighted by molar-refractivity contribution is -0.138. The molecule has 3 unspecified atom stereocenters. The zero-order chi connectivity index (χ0) is 21.5. The number of carboxylic acid groups (broad SMARTS) is 1. The van der Waals surface area contributed by atoms with Crippen LogP contribution in [-0.2, 0) is 19.0 Å². The molecule has 6 aliphatic rings. The van der Waals surface area contributed by atoms with Crippen molar-refractivity contribution in [3.63, 3.8) is 0 Å². The molecule has 2 heterocycles. The minimum absolute atomic E-state index is 0.0345. The molecule has 0 aromatic rings.